The third-order valence-corrected chi connectivity index (χ3v) is 5.95. The van der Waals surface area contributed by atoms with Crippen molar-refractivity contribution in [2.45, 2.75) is 37.3 Å². The van der Waals surface area contributed by atoms with E-state index in [1.54, 1.807) is 7.11 Å². The third-order valence-electron chi connectivity index (χ3n) is 5.95. The number of hydrogen-bond acceptors (Lipinski definition) is 6. The van der Waals surface area contributed by atoms with Gasteiger partial charge in [0.05, 0.1) is 12.7 Å². The third kappa shape index (κ3) is 6.51. The van der Waals surface area contributed by atoms with Gasteiger partial charge in [-0.3, -0.25) is 9.80 Å². The molecule has 2 aliphatic rings. The molecule has 2 fully saturated rings. The molecule has 0 aliphatic carbocycles. The Labute approximate surface area is 178 Å². The highest BCUT2D eigenvalue weighted by Gasteiger charge is 2.40. The summed E-state index contributed by atoms with van der Waals surface area (Å²) in [6, 6.07) is 5.94. The summed E-state index contributed by atoms with van der Waals surface area (Å²) in [6.07, 6.45) is 0.424. The van der Waals surface area contributed by atoms with Crippen LogP contribution in [-0.4, -0.2) is 98.4 Å². The van der Waals surface area contributed by atoms with Gasteiger partial charge in [0, 0.05) is 58.7 Å². The van der Waals surface area contributed by atoms with Crippen molar-refractivity contribution in [2.24, 2.45) is 0 Å². The zero-order valence-corrected chi connectivity index (χ0v) is 18.4. The molecule has 2 saturated heterocycles. The SMILES string of the molecule is COc1cc(CN2CC[C@](O)(CN3CCC(F)(F)CC3)C2)ccc1OCCN(C)C. The molecule has 2 aliphatic heterocycles. The predicted octanol–water partition coefficient (Wildman–Crippen LogP) is 2.30. The number of likely N-dealkylation sites (N-methyl/N-ethyl adjacent to an activating group) is 1. The van der Waals surface area contributed by atoms with Crippen molar-refractivity contribution >= 4 is 0 Å². The number of ether oxygens (including phenoxy) is 2. The van der Waals surface area contributed by atoms with Gasteiger partial charge in [0.25, 0.3) is 5.92 Å². The summed E-state index contributed by atoms with van der Waals surface area (Å²) in [5.41, 5.74) is 0.250. The minimum Gasteiger partial charge on any atom is -0.493 e. The number of piperidine rings is 1. The van der Waals surface area contributed by atoms with Crippen molar-refractivity contribution in [3.05, 3.63) is 23.8 Å². The van der Waals surface area contributed by atoms with Crippen molar-refractivity contribution in [3.63, 3.8) is 0 Å². The lowest BCUT2D eigenvalue weighted by Crippen LogP contribution is -2.49. The lowest BCUT2D eigenvalue weighted by molar-refractivity contribution is -0.0724. The van der Waals surface area contributed by atoms with E-state index in [2.05, 4.69) is 9.80 Å². The summed E-state index contributed by atoms with van der Waals surface area (Å²) in [6.45, 7) is 4.60. The van der Waals surface area contributed by atoms with Crippen LogP contribution in [0.15, 0.2) is 18.2 Å². The Bertz CT molecular complexity index is 694. The molecule has 0 spiro atoms. The monoisotopic (exact) mass is 427 g/mol. The largest absolute Gasteiger partial charge is 0.493 e. The van der Waals surface area contributed by atoms with Gasteiger partial charge >= 0.3 is 0 Å². The van der Waals surface area contributed by atoms with Crippen molar-refractivity contribution in [1.82, 2.24) is 14.7 Å². The number of hydrogen-bond donors (Lipinski definition) is 1. The van der Waals surface area contributed by atoms with Crippen molar-refractivity contribution < 1.29 is 23.4 Å². The Morgan fingerprint density at radius 2 is 1.77 bits per heavy atom. The Hall–Kier alpha value is -1.48. The smallest absolute Gasteiger partial charge is 0.250 e. The van der Waals surface area contributed by atoms with E-state index in [1.165, 1.54) is 0 Å². The fraction of sp³-hybridized carbons (Fsp3) is 0.727. The molecule has 0 radical (unpaired) electrons. The van der Waals surface area contributed by atoms with Crippen LogP contribution in [0.25, 0.3) is 0 Å². The van der Waals surface area contributed by atoms with Crippen molar-refractivity contribution in [2.75, 3.05) is 67.1 Å². The first kappa shape index (κ1) is 23.2. The van der Waals surface area contributed by atoms with E-state index in [0.717, 1.165) is 24.4 Å². The molecule has 3 rings (SSSR count). The normalized spacial score (nSPS) is 25.0. The second kappa shape index (κ2) is 9.77. The maximum Gasteiger partial charge on any atom is 0.250 e. The molecule has 0 aromatic heterocycles. The van der Waals surface area contributed by atoms with Crippen LogP contribution < -0.4 is 9.47 Å². The summed E-state index contributed by atoms with van der Waals surface area (Å²) in [7, 11) is 5.64. The first-order valence-electron chi connectivity index (χ1n) is 10.7. The van der Waals surface area contributed by atoms with Crippen LogP contribution in [-0.2, 0) is 6.54 Å². The first-order valence-corrected chi connectivity index (χ1v) is 10.7. The van der Waals surface area contributed by atoms with Gasteiger partial charge in [-0.05, 0) is 38.2 Å². The van der Waals surface area contributed by atoms with Gasteiger partial charge in [-0.15, -0.1) is 0 Å². The lowest BCUT2D eigenvalue weighted by Gasteiger charge is -2.36. The zero-order valence-electron chi connectivity index (χ0n) is 18.4. The number of methoxy groups -OCH3 is 1. The molecule has 1 atom stereocenters. The average molecular weight is 428 g/mol. The Balaban J connectivity index is 1.52. The van der Waals surface area contributed by atoms with E-state index in [1.807, 2.05) is 37.2 Å². The average Bonchev–Trinajstić information content (AvgIpc) is 3.04. The Kier molecular flexibility index (Phi) is 7.55. The summed E-state index contributed by atoms with van der Waals surface area (Å²) in [4.78, 5) is 6.24. The number of aliphatic hydroxyl groups is 1. The molecule has 2 heterocycles. The molecule has 0 saturated carbocycles. The van der Waals surface area contributed by atoms with E-state index in [4.69, 9.17) is 9.47 Å². The van der Waals surface area contributed by atoms with Crippen LogP contribution in [0.3, 0.4) is 0 Å². The van der Waals surface area contributed by atoms with Gasteiger partial charge in [0.15, 0.2) is 11.5 Å². The molecule has 1 N–H and O–H groups in total. The maximum absolute atomic E-state index is 13.4. The highest BCUT2D eigenvalue weighted by atomic mass is 19.3. The topological polar surface area (TPSA) is 48.4 Å². The highest BCUT2D eigenvalue weighted by molar-refractivity contribution is 5.43. The molecule has 1 aromatic rings. The molecule has 8 heteroatoms. The quantitative estimate of drug-likeness (QED) is 0.653. The van der Waals surface area contributed by atoms with E-state index in [0.29, 0.717) is 51.5 Å². The number of likely N-dealkylation sites (tertiary alicyclic amines) is 2. The Morgan fingerprint density at radius 1 is 1.07 bits per heavy atom. The number of nitrogens with zero attached hydrogens (tertiary/aromatic N) is 3. The van der Waals surface area contributed by atoms with Crippen LogP contribution in [0.2, 0.25) is 0 Å². The molecular formula is C22H35F2N3O3. The standard InChI is InChI=1S/C22H35F2N3O3/c1-25(2)12-13-30-19-5-4-18(14-20(19)29-3)15-27-9-6-21(28,17-27)16-26-10-7-22(23,24)8-11-26/h4-5,14,28H,6-13,15-17H2,1-3H3/t21-/m0/s1. The molecule has 30 heavy (non-hydrogen) atoms. The van der Waals surface area contributed by atoms with Gasteiger partial charge in [-0.25, -0.2) is 8.78 Å². The van der Waals surface area contributed by atoms with Gasteiger partial charge in [0.2, 0.25) is 0 Å². The van der Waals surface area contributed by atoms with Crippen LogP contribution in [0.4, 0.5) is 8.78 Å². The highest BCUT2D eigenvalue weighted by Crippen LogP contribution is 2.32. The number of benzene rings is 1. The van der Waals surface area contributed by atoms with Gasteiger partial charge in [-0.2, -0.15) is 0 Å². The second-order valence-electron chi connectivity index (χ2n) is 8.95. The van der Waals surface area contributed by atoms with Crippen LogP contribution in [0.5, 0.6) is 11.5 Å². The fourth-order valence-electron chi connectivity index (χ4n) is 4.19. The number of halogens is 2. The molecule has 0 unspecified atom stereocenters. The Morgan fingerprint density at radius 3 is 2.43 bits per heavy atom. The molecule has 6 nitrogen and oxygen atoms in total. The van der Waals surface area contributed by atoms with Gasteiger partial charge < -0.3 is 19.5 Å². The van der Waals surface area contributed by atoms with Crippen LogP contribution >= 0.6 is 0 Å². The summed E-state index contributed by atoms with van der Waals surface area (Å²) in [5, 5.41) is 11.0. The van der Waals surface area contributed by atoms with E-state index in [9.17, 15) is 13.9 Å². The molecule has 170 valence electrons. The molecule has 1 aromatic carbocycles. The minimum absolute atomic E-state index is 0.116. The fourth-order valence-corrected chi connectivity index (χ4v) is 4.19. The predicted molar refractivity (Wildman–Crippen MR) is 113 cm³/mol. The lowest BCUT2D eigenvalue weighted by atomic mass is 10.00. The van der Waals surface area contributed by atoms with E-state index in [-0.39, 0.29) is 12.8 Å². The zero-order chi connectivity index (χ0) is 21.8. The minimum atomic E-state index is -2.55. The summed E-state index contributed by atoms with van der Waals surface area (Å²) >= 11 is 0. The molecular weight excluding hydrogens is 392 g/mol. The van der Waals surface area contributed by atoms with Crippen molar-refractivity contribution in [3.8, 4) is 11.5 Å². The summed E-state index contributed by atoms with van der Waals surface area (Å²) in [5.74, 6) is -1.12. The molecule has 0 bridgehead atoms. The maximum atomic E-state index is 13.4. The number of alkyl halides is 2. The van der Waals surface area contributed by atoms with Crippen molar-refractivity contribution in [1.29, 1.82) is 0 Å². The van der Waals surface area contributed by atoms with Crippen LogP contribution in [0.1, 0.15) is 24.8 Å². The number of β-amino-alcohol motifs (C(OH)–C–C–N with tert-alkyl or cyclic N) is 1. The van der Waals surface area contributed by atoms with Gasteiger partial charge in [-0.1, -0.05) is 6.07 Å². The second-order valence-corrected chi connectivity index (χ2v) is 8.95. The van der Waals surface area contributed by atoms with E-state index < -0.39 is 11.5 Å². The van der Waals surface area contributed by atoms with E-state index >= 15 is 0 Å². The number of rotatable bonds is 9. The van der Waals surface area contributed by atoms with Gasteiger partial charge in [0.1, 0.15) is 6.61 Å². The summed E-state index contributed by atoms with van der Waals surface area (Å²) < 4.78 is 38.0. The van der Waals surface area contributed by atoms with Crippen LogP contribution in [0, 0.1) is 0 Å². The molecule has 0 amide bonds. The first-order chi connectivity index (χ1) is 14.2.